The maximum Gasteiger partial charge on any atom is 0.516 e. The number of hydrogen-bond donors (Lipinski definition) is 1. The van der Waals surface area contributed by atoms with E-state index in [-0.39, 0.29) is 35.7 Å². The van der Waals surface area contributed by atoms with E-state index < -0.39 is 15.5 Å². The number of hydrazone groups is 1. The first kappa shape index (κ1) is 26.9. The number of amidine groups is 1. The van der Waals surface area contributed by atoms with Crippen LogP contribution in [0.2, 0.25) is 0 Å². The van der Waals surface area contributed by atoms with E-state index >= 15 is 0 Å². The van der Waals surface area contributed by atoms with E-state index in [0.717, 1.165) is 16.8 Å². The molecule has 15 heteroatoms. The van der Waals surface area contributed by atoms with Crippen LogP contribution in [0.15, 0.2) is 35.6 Å². The number of carbonyl (C=O) groups is 1. The van der Waals surface area contributed by atoms with Gasteiger partial charge in [0.15, 0.2) is 0 Å². The van der Waals surface area contributed by atoms with Gasteiger partial charge in [0, 0.05) is 12.7 Å². The van der Waals surface area contributed by atoms with Crippen LogP contribution in [-0.2, 0) is 40.8 Å². The molecule has 0 unspecified atom stereocenters. The molecule has 0 atom stereocenters. The highest BCUT2D eigenvalue weighted by atomic mass is 32.2. The normalized spacial score (nSPS) is 16.3. The molecule has 1 N–H and O–H groups in total. The van der Waals surface area contributed by atoms with Crippen LogP contribution < -0.4 is 10.3 Å². The lowest BCUT2D eigenvalue weighted by atomic mass is 10.1. The topological polar surface area (TPSA) is 122 Å². The Bertz CT molecular complexity index is 1550. The zero-order valence-corrected chi connectivity index (χ0v) is 22.0. The number of imidazole rings is 1. The average molecular weight is 566 g/mol. The minimum Gasteiger partial charge on any atom is -0.375 e. The fraction of sp³-hybridized carbons (Fsp3) is 0.417. The molecule has 0 spiro atoms. The van der Waals surface area contributed by atoms with Crippen molar-refractivity contribution in [3.63, 3.8) is 0 Å². The maximum atomic E-state index is 13.2. The van der Waals surface area contributed by atoms with Crippen molar-refractivity contribution in [3.05, 3.63) is 58.7 Å². The SMILES string of the molecule is CCc1nc2nc3c(cn2c1C(=O)NCc1ccc(N2CCN(S(=O)(=O)C(F)(F)F)C(C)=N2)cc1)CCOC3. The third-order valence-electron chi connectivity index (χ3n) is 6.57. The molecule has 0 saturated carbocycles. The van der Waals surface area contributed by atoms with Crippen molar-refractivity contribution in [3.8, 4) is 0 Å². The van der Waals surface area contributed by atoms with Crippen LogP contribution in [0, 0.1) is 0 Å². The number of nitrogens with one attached hydrogen (secondary N) is 1. The second kappa shape index (κ2) is 10.1. The number of sulfonamides is 1. The van der Waals surface area contributed by atoms with Gasteiger partial charge in [-0.3, -0.25) is 14.2 Å². The number of hydrogen-bond acceptors (Lipinski definition) is 8. The number of benzene rings is 1. The third-order valence-corrected chi connectivity index (χ3v) is 8.18. The van der Waals surface area contributed by atoms with Gasteiger partial charge in [-0.15, -0.1) is 0 Å². The average Bonchev–Trinajstić information content (AvgIpc) is 3.27. The summed E-state index contributed by atoms with van der Waals surface area (Å²) in [6.45, 7) is 3.93. The molecule has 208 valence electrons. The van der Waals surface area contributed by atoms with Gasteiger partial charge < -0.3 is 10.1 Å². The van der Waals surface area contributed by atoms with E-state index in [9.17, 15) is 26.4 Å². The Morgan fingerprint density at radius 3 is 2.56 bits per heavy atom. The second-order valence-corrected chi connectivity index (χ2v) is 10.9. The number of aromatic nitrogens is 3. The number of anilines is 1. The number of rotatable bonds is 6. The van der Waals surface area contributed by atoms with Crippen LogP contribution in [0.1, 0.15) is 46.9 Å². The Hall–Kier alpha value is -3.72. The molecule has 39 heavy (non-hydrogen) atoms. The standard InChI is InChI=1S/C24H26F3N7O4S/c1-3-19-21(32-13-17-8-11-38-14-20(17)30-23(32)29-19)22(35)28-12-16-4-6-18(7-5-16)33-9-10-34(15(2)31-33)39(36,37)24(25,26)27/h4-7,13H,3,8-12,14H2,1-2H3,(H,28,35). The molecule has 1 amide bonds. The largest absolute Gasteiger partial charge is 0.516 e. The van der Waals surface area contributed by atoms with Gasteiger partial charge in [-0.25, -0.2) is 14.3 Å². The van der Waals surface area contributed by atoms with Crippen molar-refractivity contribution < 1.29 is 31.1 Å². The molecule has 4 heterocycles. The van der Waals surface area contributed by atoms with Gasteiger partial charge in [0.05, 0.1) is 43.4 Å². The molecular weight excluding hydrogens is 539 g/mol. The summed E-state index contributed by atoms with van der Waals surface area (Å²) in [5.41, 5.74) is -1.12. The number of carbonyl (C=O) groups excluding carboxylic acids is 1. The van der Waals surface area contributed by atoms with Crippen molar-refractivity contribution in [2.45, 2.75) is 45.3 Å². The van der Waals surface area contributed by atoms with Gasteiger partial charge in [0.1, 0.15) is 11.5 Å². The number of aryl methyl sites for hydroxylation is 1. The van der Waals surface area contributed by atoms with Crippen LogP contribution in [0.3, 0.4) is 0 Å². The van der Waals surface area contributed by atoms with Gasteiger partial charge >= 0.3 is 15.5 Å². The number of nitrogens with zero attached hydrogens (tertiary/aromatic N) is 6. The molecule has 2 aliphatic heterocycles. The first-order valence-electron chi connectivity index (χ1n) is 12.3. The lowest BCUT2D eigenvalue weighted by Gasteiger charge is -2.33. The van der Waals surface area contributed by atoms with Gasteiger partial charge in [-0.2, -0.15) is 26.7 Å². The lowest BCUT2D eigenvalue weighted by Crippen LogP contribution is -2.50. The molecule has 2 aliphatic rings. The minimum atomic E-state index is -5.50. The first-order chi connectivity index (χ1) is 18.5. The number of amides is 1. The Kier molecular flexibility index (Phi) is 6.97. The van der Waals surface area contributed by atoms with Crippen molar-refractivity contribution >= 4 is 33.2 Å². The highest BCUT2D eigenvalue weighted by Crippen LogP contribution is 2.29. The molecule has 0 aliphatic carbocycles. The highest BCUT2D eigenvalue weighted by Gasteiger charge is 2.51. The van der Waals surface area contributed by atoms with E-state index in [1.165, 1.54) is 11.9 Å². The molecule has 0 fully saturated rings. The summed E-state index contributed by atoms with van der Waals surface area (Å²) in [4.78, 5) is 22.3. The number of halogens is 3. The van der Waals surface area contributed by atoms with E-state index in [2.05, 4.69) is 20.4 Å². The highest BCUT2D eigenvalue weighted by molar-refractivity contribution is 7.90. The molecule has 0 saturated heterocycles. The molecular formula is C24H26F3N7O4S. The van der Waals surface area contributed by atoms with Crippen molar-refractivity contribution in [2.24, 2.45) is 5.10 Å². The first-order valence-corrected chi connectivity index (χ1v) is 13.7. The minimum absolute atomic E-state index is 0.0549. The van der Waals surface area contributed by atoms with Crippen LogP contribution in [0.4, 0.5) is 18.9 Å². The van der Waals surface area contributed by atoms with Gasteiger partial charge in [-0.05, 0) is 43.0 Å². The summed E-state index contributed by atoms with van der Waals surface area (Å²) in [5.74, 6) is -0.123. The summed E-state index contributed by atoms with van der Waals surface area (Å²) in [6.07, 6.45) is 3.17. The van der Waals surface area contributed by atoms with Crippen LogP contribution in [0.25, 0.3) is 5.78 Å². The Morgan fingerprint density at radius 2 is 1.90 bits per heavy atom. The van der Waals surface area contributed by atoms with Crippen molar-refractivity contribution in [2.75, 3.05) is 24.7 Å². The zero-order chi connectivity index (χ0) is 27.9. The van der Waals surface area contributed by atoms with Crippen LogP contribution in [-0.4, -0.2) is 64.0 Å². The third kappa shape index (κ3) is 5.03. The van der Waals surface area contributed by atoms with E-state index in [0.29, 0.717) is 48.9 Å². The number of alkyl halides is 3. The molecule has 3 aromatic rings. The quantitative estimate of drug-likeness (QED) is 0.488. The predicted octanol–water partition coefficient (Wildman–Crippen LogP) is 2.60. The van der Waals surface area contributed by atoms with Crippen LogP contribution in [0.5, 0.6) is 0 Å². The fourth-order valence-corrected chi connectivity index (χ4v) is 5.50. The van der Waals surface area contributed by atoms with Gasteiger partial charge in [0.2, 0.25) is 5.78 Å². The van der Waals surface area contributed by atoms with Crippen molar-refractivity contribution in [1.82, 2.24) is 24.0 Å². The number of fused-ring (bicyclic) bond motifs is 2. The van der Waals surface area contributed by atoms with Crippen LogP contribution >= 0.6 is 0 Å². The Morgan fingerprint density at radius 1 is 1.15 bits per heavy atom. The molecule has 0 bridgehead atoms. The van der Waals surface area contributed by atoms with Gasteiger partial charge in [0.25, 0.3) is 5.91 Å². The molecule has 2 aromatic heterocycles. The van der Waals surface area contributed by atoms with Crippen molar-refractivity contribution in [1.29, 1.82) is 0 Å². The summed E-state index contributed by atoms with van der Waals surface area (Å²) in [7, 11) is -5.50. The molecule has 0 radical (unpaired) electrons. The predicted molar refractivity (Wildman–Crippen MR) is 135 cm³/mol. The Balaban J connectivity index is 1.28. The Labute approximate surface area is 222 Å². The molecule has 5 rings (SSSR count). The van der Waals surface area contributed by atoms with E-state index in [4.69, 9.17) is 4.74 Å². The lowest BCUT2D eigenvalue weighted by molar-refractivity contribution is -0.0473. The van der Waals surface area contributed by atoms with E-state index in [1.807, 2.05) is 13.1 Å². The monoisotopic (exact) mass is 565 g/mol. The number of ether oxygens (including phenoxy) is 1. The second-order valence-electron chi connectivity index (χ2n) is 9.09. The maximum absolute atomic E-state index is 13.2. The molecule has 1 aromatic carbocycles. The zero-order valence-electron chi connectivity index (χ0n) is 21.2. The summed E-state index contributed by atoms with van der Waals surface area (Å²) in [5, 5.41) is 8.39. The molecule has 11 nitrogen and oxygen atoms in total. The summed E-state index contributed by atoms with van der Waals surface area (Å²) < 4.78 is 69.7. The fourth-order valence-electron chi connectivity index (χ4n) is 4.54. The van der Waals surface area contributed by atoms with Gasteiger partial charge in [-0.1, -0.05) is 19.1 Å². The summed E-state index contributed by atoms with van der Waals surface area (Å²) >= 11 is 0. The smallest absolute Gasteiger partial charge is 0.375 e. The van der Waals surface area contributed by atoms with E-state index in [1.54, 1.807) is 28.7 Å². The summed E-state index contributed by atoms with van der Waals surface area (Å²) in [6, 6.07) is 6.92.